The van der Waals surface area contributed by atoms with Crippen LogP contribution in [0.1, 0.15) is 60.6 Å². The zero-order chi connectivity index (χ0) is 18.6. The average molecular weight is 680 g/mol. The minimum atomic E-state index is 0. The molecule has 3 aromatic carbocycles. The van der Waals surface area contributed by atoms with Gasteiger partial charge in [0.2, 0.25) is 0 Å². The van der Waals surface area contributed by atoms with E-state index in [1.807, 2.05) is 0 Å². The van der Waals surface area contributed by atoms with E-state index in [9.17, 15) is 0 Å². The Morgan fingerprint density at radius 3 is 2.07 bits per heavy atom. The van der Waals surface area contributed by atoms with Crippen molar-refractivity contribution in [3.05, 3.63) is 69.8 Å². The Morgan fingerprint density at radius 1 is 1.00 bits per heavy atom. The van der Waals surface area contributed by atoms with Crippen LogP contribution in [0.4, 0.5) is 0 Å². The van der Waals surface area contributed by atoms with Gasteiger partial charge in [-0.05, 0) is 12.3 Å². The SMILES string of the molecule is CC(C)Cc1cc2ccccc2[cH-]1.CCCc1c(C)c(C)c(C)[c-]1C.[I-].[I-].[Zr+4]. The van der Waals surface area contributed by atoms with Crippen LogP contribution in [-0.4, -0.2) is 0 Å². The molecule has 0 saturated carbocycles. The second kappa shape index (κ2) is 14.5. The van der Waals surface area contributed by atoms with Crippen molar-refractivity contribution < 1.29 is 74.2 Å². The maximum Gasteiger partial charge on any atom is 4.00 e. The topological polar surface area (TPSA) is 0 Å². The fourth-order valence-electron chi connectivity index (χ4n) is 3.73. The van der Waals surface area contributed by atoms with Crippen molar-refractivity contribution >= 4 is 10.8 Å². The molecule has 28 heavy (non-hydrogen) atoms. The van der Waals surface area contributed by atoms with Gasteiger partial charge < -0.3 is 48.0 Å². The van der Waals surface area contributed by atoms with Gasteiger partial charge in [0.15, 0.2) is 0 Å². The first kappa shape index (κ1) is 30.7. The van der Waals surface area contributed by atoms with Crippen LogP contribution >= 0.6 is 0 Å². The largest absolute Gasteiger partial charge is 4.00 e. The van der Waals surface area contributed by atoms with Gasteiger partial charge in [0.05, 0.1) is 0 Å². The minimum Gasteiger partial charge on any atom is -1.00 e. The quantitative estimate of drug-likeness (QED) is 0.289. The fraction of sp³-hybridized carbons (Fsp3) is 0.440. The van der Waals surface area contributed by atoms with Gasteiger partial charge >= 0.3 is 26.2 Å². The smallest absolute Gasteiger partial charge is 1.00 e. The van der Waals surface area contributed by atoms with Crippen LogP contribution in [0.25, 0.3) is 10.8 Å². The second-order valence-electron chi connectivity index (χ2n) is 7.82. The van der Waals surface area contributed by atoms with Gasteiger partial charge in [0.1, 0.15) is 0 Å². The minimum absolute atomic E-state index is 0. The molecule has 152 valence electrons. The van der Waals surface area contributed by atoms with Crippen LogP contribution < -0.4 is 48.0 Å². The fourth-order valence-corrected chi connectivity index (χ4v) is 3.73. The van der Waals surface area contributed by atoms with Crippen LogP contribution in [0.15, 0.2) is 36.4 Å². The molecule has 0 radical (unpaired) electrons. The molecule has 0 fully saturated rings. The Labute approximate surface area is 226 Å². The summed E-state index contributed by atoms with van der Waals surface area (Å²) >= 11 is 0. The summed E-state index contributed by atoms with van der Waals surface area (Å²) in [5.41, 5.74) is 9.09. The maximum absolute atomic E-state index is 2.30. The van der Waals surface area contributed by atoms with E-state index >= 15 is 0 Å². The molecular weight excluding hydrogens is 645 g/mol. The first-order chi connectivity index (χ1) is 11.8. The number of hydrogen-bond acceptors (Lipinski definition) is 0. The van der Waals surface area contributed by atoms with Gasteiger partial charge in [0, 0.05) is 0 Å². The third-order valence-electron chi connectivity index (χ3n) is 5.41. The van der Waals surface area contributed by atoms with Crippen molar-refractivity contribution in [2.24, 2.45) is 5.92 Å². The van der Waals surface area contributed by atoms with Gasteiger partial charge in [-0.1, -0.05) is 67.4 Å². The summed E-state index contributed by atoms with van der Waals surface area (Å²) in [5.74, 6) is 0.747. The van der Waals surface area contributed by atoms with Crippen molar-refractivity contribution in [2.45, 2.75) is 67.7 Å². The van der Waals surface area contributed by atoms with Crippen LogP contribution in [0.2, 0.25) is 0 Å². The van der Waals surface area contributed by atoms with E-state index in [1.54, 1.807) is 5.56 Å². The Hall–Kier alpha value is 0.523. The number of rotatable bonds is 4. The molecule has 0 aliphatic carbocycles. The molecule has 3 rings (SSSR count). The number of fused-ring (bicyclic) bond motifs is 1. The van der Waals surface area contributed by atoms with Gasteiger partial charge in [-0.3, -0.25) is 0 Å². The molecule has 0 aliphatic rings. The first-order valence-electron chi connectivity index (χ1n) is 9.71. The summed E-state index contributed by atoms with van der Waals surface area (Å²) < 4.78 is 0. The van der Waals surface area contributed by atoms with Crippen molar-refractivity contribution in [2.75, 3.05) is 0 Å². The molecule has 3 aromatic rings. The van der Waals surface area contributed by atoms with Crippen LogP contribution in [0.5, 0.6) is 0 Å². The Balaban J connectivity index is 0. The molecule has 3 heteroatoms. The Kier molecular flexibility index (Phi) is 15.9. The number of hydrogen-bond donors (Lipinski definition) is 0. The molecule has 0 heterocycles. The molecule has 0 atom stereocenters. The van der Waals surface area contributed by atoms with Crippen molar-refractivity contribution in [3.8, 4) is 0 Å². The van der Waals surface area contributed by atoms with Crippen LogP contribution in [0, 0.1) is 33.6 Å². The summed E-state index contributed by atoms with van der Waals surface area (Å²) in [6, 6.07) is 13.2. The van der Waals surface area contributed by atoms with Crippen molar-refractivity contribution in [3.63, 3.8) is 0 Å². The molecule has 0 N–H and O–H groups in total. The zero-order valence-electron chi connectivity index (χ0n) is 18.4. The predicted molar refractivity (Wildman–Crippen MR) is 113 cm³/mol. The van der Waals surface area contributed by atoms with Gasteiger partial charge in [-0.2, -0.15) is 33.9 Å². The molecule has 0 aliphatic heterocycles. The first-order valence-corrected chi connectivity index (χ1v) is 9.71. The Morgan fingerprint density at radius 2 is 1.61 bits per heavy atom. The van der Waals surface area contributed by atoms with Gasteiger partial charge in [-0.15, -0.1) is 40.6 Å². The van der Waals surface area contributed by atoms with Crippen molar-refractivity contribution in [1.29, 1.82) is 0 Å². The number of benzene rings is 1. The molecular formula is C25H34I2Zr. The van der Waals surface area contributed by atoms with Gasteiger partial charge in [0.25, 0.3) is 0 Å². The van der Waals surface area contributed by atoms with Crippen LogP contribution in [-0.2, 0) is 39.0 Å². The standard InChI is InChI=1S/C13H15.C12H19.2HI.Zr/c1-10(2)7-11-8-12-5-3-4-6-13(12)9-11;1-6-7-12-10(4)8(2)9(3)11(12)5;;;/h3-6,8-10H,7H2,1-2H3;6-7H2,1-5H3;2*1H;/q2*-1;;;+4/p-2. The van der Waals surface area contributed by atoms with E-state index in [4.69, 9.17) is 0 Å². The van der Waals surface area contributed by atoms with E-state index in [2.05, 4.69) is 84.9 Å². The van der Waals surface area contributed by atoms with Crippen LogP contribution in [0.3, 0.4) is 0 Å². The third kappa shape index (κ3) is 7.98. The summed E-state index contributed by atoms with van der Waals surface area (Å²) in [7, 11) is 0. The summed E-state index contributed by atoms with van der Waals surface area (Å²) in [5, 5.41) is 2.75. The van der Waals surface area contributed by atoms with E-state index in [0.717, 1.165) is 5.92 Å². The molecule has 0 spiro atoms. The van der Waals surface area contributed by atoms with E-state index in [-0.39, 0.29) is 74.2 Å². The third-order valence-corrected chi connectivity index (χ3v) is 5.41. The molecule has 0 amide bonds. The zero-order valence-corrected chi connectivity index (χ0v) is 25.2. The summed E-state index contributed by atoms with van der Waals surface area (Å²) in [4.78, 5) is 0. The van der Waals surface area contributed by atoms with E-state index < -0.39 is 0 Å². The predicted octanol–water partition coefficient (Wildman–Crippen LogP) is 1.35. The molecule has 0 saturated heterocycles. The summed E-state index contributed by atoms with van der Waals surface area (Å²) in [6.45, 7) is 15.7. The maximum atomic E-state index is 2.30. The Bertz CT molecular complexity index is 766. The molecule has 0 unspecified atom stereocenters. The second-order valence-corrected chi connectivity index (χ2v) is 7.82. The molecule has 0 aromatic heterocycles. The monoisotopic (exact) mass is 678 g/mol. The van der Waals surface area contributed by atoms with Gasteiger partial charge in [-0.25, -0.2) is 0 Å². The van der Waals surface area contributed by atoms with Crippen molar-refractivity contribution in [1.82, 2.24) is 0 Å². The summed E-state index contributed by atoms with van der Waals surface area (Å²) in [6.07, 6.45) is 3.69. The molecule has 0 bridgehead atoms. The average Bonchev–Trinajstić information content (AvgIpc) is 3.05. The molecule has 0 nitrogen and oxygen atoms in total. The van der Waals surface area contributed by atoms with E-state index in [1.165, 1.54) is 57.9 Å². The normalized spacial score (nSPS) is 9.86. The number of halogens is 2. The van der Waals surface area contributed by atoms with E-state index in [0.29, 0.717) is 0 Å².